The van der Waals surface area contributed by atoms with E-state index in [1.54, 1.807) is 17.5 Å². The lowest BCUT2D eigenvalue weighted by Gasteiger charge is -2.43. The zero-order chi connectivity index (χ0) is 14.8. The van der Waals surface area contributed by atoms with Gasteiger partial charge in [-0.25, -0.2) is 4.98 Å². The molecular weight excluding hydrogens is 353 g/mol. The van der Waals surface area contributed by atoms with Gasteiger partial charge in [-0.15, -0.1) is 36.2 Å². The fourth-order valence-corrected chi connectivity index (χ4v) is 4.81. The second kappa shape index (κ2) is 9.21. The van der Waals surface area contributed by atoms with Crippen molar-refractivity contribution in [2.75, 3.05) is 0 Å². The van der Waals surface area contributed by atoms with Crippen molar-refractivity contribution >= 4 is 42.1 Å². The molecule has 0 saturated heterocycles. The number of fused-ring (bicyclic) bond motifs is 2. The number of aromatic nitrogens is 1. The molecule has 2 aliphatic rings. The van der Waals surface area contributed by atoms with Gasteiger partial charge in [0.2, 0.25) is 5.91 Å². The molecule has 3 atom stereocenters. The van der Waals surface area contributed by atoms with Crippen LogP contribution in [0.1, 0.15) is 56.5 Å². The first-order valence-corrected chi connectivity index (χ1v) is 9.02. The van der Waals surface area contributed by atoms with E-state index < -0.39 is 0 Å². The molecule has 1 aromatic heterocycles. The van der Waals surface area contributed by atoms with Gasteiger partial charge in [0.25, 0.3) is 0 Å². The van der Waals surface area contributed by atoms with Gasteiger partial charge in [-0.2, -0.15) is 0 Å². The third-order valence-electron chi connectivity index (χ3n) is 5.26. The number of amides is 1. The zero-order valence-electron chi connectivity index (χ0n) is 13.4. The van der Waals surface area contributed by atoms with E-state index in [1.165, 1.54) is 19.3 Å². The van der Waals surface area contributed by atoms with Crippen LogP contribution < -0.4 is 11.1 Å². The van der Waals surface area contributed by atoms with Crippen molar-refractivity contribution < 1.29 is 4.79 Å². The number of rotatable bonds is 4. The van der Waals surface area contributed by atoms with E-state index in [4.69, 9.17) is 5.73 Å². The molecule has 132 valence electrons. The summed E-state index contributed by atoms with van der Waals surface area (Å²) in [5.74, 6) is 1.45. The van der Waals surface area contributed by atoms with Crippen LogP contribution in [0.2, 0.25) is 0 Å². The summed E-state index contributed by atoms with van der Waals surface area (Å²) in [7, 11) is 0. The van der Waals surface area contributed by atoms with Gasteiger partial charge in [-0.1, -0.05) is 13.3 Å². The summed E-state index contributed by atoms with van der Waals surface area (Å²) in [5.41, 5.74) is 6.31. The van der Waals surface area contributed by atoms with E-state index in [0.29, 0.717) is 17.9 Å². The highest BCUT2D eigenvalue weighted by molar-refractivity contribution is 7.09. The second-order valence-electron chi connectivity index (χ2n) is 6.54. The Morgan fingerprint density at radius 1 is 1.39 bits per heavy atom. The number of nitrogens with two attached hydrogens (primary N) is 1. The van der Waals surface area contributed by atoms with Gasteiger partial charge in [0.05, 0.1) is 6.04 Å². The maximum atomic E-state index is 12.6. The SMILES string of the molecule is CCC(NC(=O)C1CC2CCCC(C1)C2N)c1nccs1.Cl.Cl. The number of hydrogen-bond donors (Lipinski definition) is 2. The van der Waals surface area contributed by atoms with E-state index in [0.717, 1.165) is 24.3 Å². The van der Waals surface area contributed by atoms with Gasteiger partial charge in [0.1, 0.15) is 5.01 Å². The quantitative estimate of drug-likeness (QED) is 0.837. The van der Waals surface area contributed by atoms with Crippen molar-refractivity contribution in [2.45, 2.75) is 57.5 Å². The van der Waals surface area contributed by atoms with Crippen molar-refractivity contribution in [1.29, 1.82) is 0 Å². The molecule has 1 amide bonds. The van der Waals surface area contributed by atoms with Crippen LogP contribution >= 0.6 is 36.2 Å². The fourth-order valence-electron chi connectivity index (χ4n) is 4.04. The summed E-state index contributed by atoms with van der Waals surface area (Å²) in [5, 5.41) is 6.19. The maximum Gasteiger partial charge on any atom is 0.223 e. The van der Waals surface area contributed by atoms with E-state index in [1.807, 2.05) is 5.38 Å². The molecule has 0 radical (unpaired) electrons. The average Bonchev–Trinajstić information content (AvgIpc) is 2.98. The Kier molecular flexibility index (Phi) is 8.28. The Hall–Kier alpha value is -0.360. The molecular formula is C16H27Cl2N3OS. The first kappa shape index (κ1) is 20.7. The van der Waals surface area contributed by atoms with Crippen LogP contribution in [0.3, 0.4) is 0 Å². The van der Waals surface area contributed by atoms with E-state index in [2.05, 4.69) is 17.2 Å². The van der Waals surface area contributed by atoms with Gasteiger partial charge in [-0.05, 0) is 43.9 Å². The van der Waals surface area contributed by atoms with Crippen LogP contribution in [0.4, 0.5) is 0 Å². The molecule has 2 aliphatic carbocycles. The fraction of sp³-hybridized carbons (Fsp3) is 0.750. The highest BCUT2D eigenvalue weighted by atomic mass is 35.5. The molecule has 2 saturated carbocycles. The molecule has 23 heavy (non-hydrogen) atoms. The topological polar surface area (TPSA) is 68.0 Å². The third kappa shape index (κ3) is 4.59. The highest BCUT2D eigenvalue weighted by Crippen LogP contribution is 2.42. The van der Waals surface area contributed by atoms with Crippen molar-refractivity contribution in [1.82, 2.24) is 10.3 Å². The number of nitrogens with one attached hydrogen (secondary N) is 1. The molecule has 3 unspecified atom stereocenters. The van der Waals surface area contributed by atoms with E-state index in [9.17, 15) is 4.79 Å². The van der Waals surface area contributed by atoms with Gasteiger partial charge >= 0.3 is 0 Å². The van der Waals surface area contributed by atoms with E-state index in [-0.39, 0.29) is 42.7 Å². The van der Waals surface area contributed by atoms with Crippen molar-refractivity contribution in [3.8, 4) is 0 Å². The predicted octanol–water partition coefficient (Wildman–Crippen LogP) is 3.71. The Balaban J connectivity index is 0.00000132. The predicted molar refractivity (Wildman–Crippen MR) is 99.3 cm³/mol. The van der Waals surface area contributed by atoms with Crippen molar-refractivity contribution in [2.24, 2.45) is 23.5 Å². The van der Waals surface area contributed by atoms with Crippen molar-refractivity contribution in [3.05, 3.63) is 16.6 Å². The summed E-state index contributed by atoms with van der Waals surface area (Å²) >= 11 is 1.62. The average molecular weight is 380 g/mol. The first-order valence-electron chi connectivity index (χ1n) is 8.14. The molecule has 7 heteroatoms. The van der Waals surface area contributed by atoms with Gasteiger partial charge in [-0.3, -0.25) is 4.79 Å². The Morgan fingerprint density at radius 3 is 2.57 bits per heavy atom. The lowest BCUT2D eigenvalue weighted by Crippen LogP contribution is -2.49. The van der Waals surface area contributed by atoms with Crippen LogP contribution in [0.25, 0.3) is 0 Å². The Labute approximate surface area is 154 Å². The minimum Gasteiger partial charge on any atom is -0.347 e. The summed E-state index contributed by atoms with van der Waals surface area (Å²) < 4.78 is 0. The highest BCUT2D eigenvalue weighted by Gasteiger charge is 2.40. The molecule has 0 aliphatic heterocycles. The molecule has 1 aromatic rings. The minimum atomic E-state index is 0. The summed E-state index contributed by atoms with van der Waals surface area (Å²) in [4.78, 5) is 17.0. The molecule has 3 rings (SSSR count). The molecule has 3 N–H and O–H groups in total. The minimum absolute atomic E-state index is 0. The molecule has 2 bridgehead atoms. The van der Waals surface area contributed by atoms with E-state index >= 15 is 0 Å². The molecule has 0 spiro atoms. The summed E-state index contributed by atoms with van der Waals surface area (Å²) in [6, 6.07) is 0.386. The lowest BCUT2D eigenvalue weighted by atomic mass is 9.65. The number of thiazole rings is 1. The normalized spacial score (nSPS) is 30.5. The maximum absolute atomic E-state index is 12.6. The molecule has 4 nitrogen and oxygen atoms in total. The first-order chi connectivity index (χ1) is 10.2. The van der Waals surface area contributed by atoms with Crippen molar-refractivity contribution in [3.63, 3.8) is 0 Å². The largest absolute Gasteiger partial charge is 0.347 e. The van der Waals surface area contributed by atoms with Crippen LogP contribution in [0.5, 0.6) is 0 Å². The number of halogens is 2. The van der Waals surface area contributed by atoms with Crippen LogP contribution in [0.15, 0.2) is 11.6 Å². The monoisotopic (exact) mass is 379 g/mol. The molecule has 1 heterocycles. The van der Waals surface area contributed by atoms with Gasteiger partial charge < -0.3 is 11.1 Å². The van der Waals surface area contributed by atoms with Crippen LogP contribution in [-0.2, 0) is 4.79 Å². The number of carbonyl (C=O) groups excluding carboxylic acids is 1. The smallest absolute Gasteiger partial charge is 0.223 e. The summed E-state index contributed by atoms with van der Waals surface area (Å²) in [6.45, 7) is 2.10. The Bertz CT molecular complexity index is 472. The number of hydrogen-bond acceptors (Lipinski definition) is 4. The molecule has 0 aromatic carbocycles. The van der Waals surface area contributed by atoms with Gasteiger partial charge in [0.15, 0.2) is 0 Å². The lowest BCUT2D eigenvalue weighted by molar-refractivity contribution is -0.128. The third-order valence-corrected chi connectivity index (χ3v) is 6.15. The van der Waals surface area contributed by atoms with Crippen LogP contribution in [0, 0.1) is 17.8 Å². The van der Waals surface area contributed by atoms with Gasteiger partial charge in [0, 0.05) is 23.5 Å². The standard InChI is InChI=1S/C16H25N3OS.2ClH/c1-2-13(16-18-6-7-21-16)19-15(20)12-8-10-4-3-5-11(9-12)14(10)17;;/h6-7,10-14H,2-5,8-9,17H2,1H3,(H,19,20);2*1H. The zero-order valence-corrected chi connectivity index (χ0v) is 15.9. The second-order valence-corrected chi connectivity index (χ2v) is 7.46. The molecule has 2 fully saturated rings. The number of carbonyl (C=O) groups is 1. The number of nitrogens with zero attached hydrogens (tertiary/aromatic N) is 1. The van der Waals surface area contributed by atoms with Crippen LogP contribution in [-0.4, -0.2) is 16.9 Å². The Morgan fingerprint density at radius 2 is 2.04 bits per heavy atom. The summed E-state index contributed by atoms with van der Waals surface area (Å²) in [6.07, 6.45) is 8.32.